The maximum absolute atomic E-state index is 11.7. The third-order valence-corrected chi connectivity index (χ3v) is 3.20. The quantitative estimate of drug-likeness (QED) is 0.224. The molecule has 26 heavy (non-hydrogen) atoms. The van der Waals surface area contributed by atoms with Gasteiger partial charge in [-0.05, 0) is 71.6 Å². The van der Waals surface area contributed by atoms with Crippen LogP contribution in [0.5, 0.6) is 0 Å². The standard InChI is InChI=1S/C15H19N2O3.C5H5.Fe/c1-3-19-8-9-20-15(18)14(10-16)12(2)17-11-13-6-4-5-7-13;1-2-4-5-3-1;/h4-7,17H,3,8-9,11H2,1-2H3;1-5H;/q;;+2/b14-12-;;. The number of nitrogens with zero attached hydrogens (tertiary/aromatic N) is 1. The number of hydrogen-bond acceptors (Lipinski definition) is 5. The van der Waals surface area contributed by atoms with Crippen molar-refractivity contribution >= 4 is 5.97 Å². The Balaban J connectivity index is 0.000000893. The Kier molecular flexibility index (Phi) is 15.5. The number of ether oxygens (including phenoxy) is 2. The van der Waals surface area contributed by atoms with Crippen molar-refractivity contribution in [1.82, 2.24) is 5.32 Å². The summed E-state index contributed by atoms with van der Waals surface area (Å²) in [6.07, 6.45) is 17.8. The molecule has 138 valence electrons. The van der Waals surface area contributed by atoms with Gasteiger partial charge < -0.3 is 14.8 Å². The summed E-state index contributed by atoms with van der Waals surface area (Å²) in [4.78, 5) is 11.7. The Hall–Kier alpha value is -1.02. The van der Waals surface area contributed by atoms with Crippen LogP contribution in [0.15, 0.2) is 11.3 Å². The number of nitriles is 1. The van der Waals surface area contributed by atoms with E-state index in [1.54, 1.807) is 6.92 Å². The zero-order valence-electron chi connectivity index (χ0n) is 15.1. The molecule has 0 aromatic heterocycles. The molecule has 0 unspecified atom stereocenters. The van der Waals surface area contributed by atoms with E-state index >= 15 is 0 Å². The van der Waals surface area contributed by atoms with Crippen LogP contribution < -0.4 is 5.32 Å². The summed E-state index contributed by atoms with van der Waals surface area (Å²) in [5, 5.41) is 12.1. The predicted octanol–water partition coefficient (Wildman–Crippen LogP) is 2.38. The van der Waals surface area contributed by atoms with Crippen molar-refractivity contribution < 1.29 is 31.3 Å². The van der Waals surface area contributed by atoms with Crippen LogP contribution in [0.3, 0.4) is 0 Å². The summed E-state index contributed by atoms with van der Waals surface area (Å²) in [6.45, 7) is 5.16. The summed E-state index contributed by atoms with van der Waals surface area (Å²) in [7, 11) is 0. The molecule has 2 aliphatic rings. The summed E-state index contributed by atoms with van der Waals surface area (Å²) in [5.41, 5.74) is 0.503. The fourth-order valence-corrected chi connectivity index (χ4v) is 1.87. The van der Waals surface area contributed by atoms with Crippen LogP contribution in [0, 0.1) is 75.0 Å². The SMILES string of the molecule is CCOCCOC(=O)/C(C#N)=C(/C)NC[C]1[CH][CH][CH][CH]1.[CH]1[CH][CH][CH][CH]1.[Fe+2]. The molecule has 5 nitrogen and oxygen atoms in total. The minimum absolute atomic E-state index is 0. The van der Waals surface area contributed by atoms with Gasteiger partial charge >= 0.3 is 23.0 Å². The van der Waals surface area contributed by atoms with Crippen LogP contribution in [-0.2, 0) is 31.3 Å². The molecule has 0 heterocycles. The number of carbonyl (C=O) groups excluding carboxylic acids is 1. The molecule has 0 bridgehead atoms. The van der Waals surface area contributed by atoms with Crippen LogP contribution in [0.25, 0.3) is 0 Å². The number of rotatable bonds is 8. The number of esters is 1. The van der Waals surface area contributed by atoms with Crippen molar-refractivity contribution in [2.24, 2.45) is 0 Å². The largest absolute Gasteiger partial charge is 2.00 e. The van der Waals surface area contributed by atoms with E-state index < -0.39 is 5.97 Å². The van der Waals surface area contributed by atoms with E-state index in [-0.39, 0.29) is 29.2 Å². The molecular weight excluding hydrogens is 372 g/mol. The van der Waals surface area contributed by atoms with Gasteiger partial charge in [-0.15, -0.1) is 0 Å². The van der Waals surface area contributed by atoms with E-state index in [2.05, 4.69) is 5.32 Å². The Morgan fingerprint density at radius 3 is 2.15 bits per heavy atom. The minimum Gasteiger partial charge on any atom is -0.459 e. The number of hydrogen-bond donors (Lipinski definition) is 1. The first kappa shape index (κ1) is 25.0. The summed E-state index contributed by atoms with van der Waals surface area (Å²) in [5.74, 6) is 0.464. The van der Waals surface area contributed by atoms with E-state index in [0.717, 1.165) is 5.92 Å². The average molecular weight is 396 g/mol. The molecule has 0 aromatic rings. The monoisotopic (exact) mass is 396 g/mol. The molecule has 10 radical (unpaired) electrons. The molecule has 6 heteroatoms. The minimum atomic E-state index is -0.625. The van der Waals surface area contributed by atoms with Crippen LogP contribution in [0.1, 0.15) is 13.8 Å². The second-order valence-electron chi connectivity index (χ2n) is 5.05. The maximum Gasteiger partial charge on any atom is 2.00 e. The van der Waals surface area contributed by atoms with Gasteiger partial charge in [-0.25, -0.2) is 4.79 Å². The fraction of sp³-hybridized carbons (Fsp3) is 0.300. The van der Waals surface area contributed by atoms with E-state index in [1.807, 2.05) is 70.8 Å². The van der Waals surface area contributed by atoms with Crippen molar-refractivity contribution in [3.63, 3.8) is 0 Å². The second-order valence-corrected chi connectivity index (χ2v) is 5.05. The normalized spacial score (nSPS) is 17.3. The number of nitrogens with one attached hydrogen (secondary N) is 1. The van der Waals surface area contributed by atoms with Crippen molar-refractivity contribution in [2.45, 2.75) is 13.8 Å². The summed E-state index contributed by atoms with van der Waals surface area (Å²) < 4.78 is 10.0. The smallest absolute Gasteiger partial charge is 0.459 e. The summed E-state index contributed by atoms with van der Waals surface area (Å²) in [6, 6.07) is 1.87. The van der Waals surface area contributed by atoms with Crippen LogP contribution in [0.4, 0.5) is 0 Å². The first-order chi connectivity index (χ1) is 12.2. The molecule has 2 fully saturated rings. The van der Waals surface area contributed by atoms with Gasteiger partial charge in [0, 0.05) is 24.8 Å². The topological polar surface area (TPSA) is 71.3 Å². The Morgan fingerprint density at radius 1 is 1.08 bits per heavy atom. The van der Waals surface area contributed by atoms with Crippen LogP contribution >= 0.6 is 0 Å². The Morgan fingerprint density at radius 2 is 1.65 bits per heavy atom. The Bertz CT molecular complexity index is 443. The third kappa shape index (κ3) is 10.9. The average Bonchev–Trinajstić information content (AvgIpc) is 3.34. The first-order valence-electron chi connectivity index (χ1n) is 8.16. The first-order valence-corrected chi connectivity index (χ1v) is 8.16. The van der Waals surface area contributed by atoms with Crippen molar-refractivity contribution in [3.8, 4) is 6.07 Å². The van der Waals surface area contributed by atoms with Gasteiger partial charge in [0.25, 0.3) is 0 Å². The molecule has 0 aliphatic heterocycles. The van der Waals surface area contributed by atoms with E-state index in [1.165, 1.54) is 0 Å². The second kappa shape index (κ2) is 16.2. The van der Waals surface area contributed by atoms with E-state index in [4.69, 9.17) is 14.7 Å². The maximum atomic E-state index is 11.7. The molecular formula is C20H24FeN2O3+2. The third-order valence-electron chi connectivity index (χ3n) is 3.20. The van der Waals surface area contributed by atoms with E-state index in [0.29, 0.717) is 25.5 Å². The molecule has 2 aliphatic carbocycles. The molecule has 0 spiro atoms. The molecule has 0 aromatic carbocycles. The molecule has 2 rings (SSSR count). The predicted molar refractivity (Wildman–Crippen MR) is 95.7 cm³/mol. The molecule has 0 amide bonds. The van der Waals surface area contributed by atoms with Gasteiger partial charge in [0.1, 0.15) is 12.7 Å². The Labute approximate surface area is 169 Å². The number of allylic oxidation sites excluding steroid dienone is 1. The van der Waals surface area contributed by atoms with Gasteiger partial charge in [0.2, 0.25) is 0 Å². The zero-order valence-corrected chi connectivity index (χ0v) is 16.2. The zero-order chi connectivity index (χ0) is 18.3. The van der Waals surface area contributed by atoms with Crippen molar-refractivity contribution in [3.05, 3.63) is 75.0 Å². The van der Waals surface area contributed by atoms with E-state index in [9.17, 15) is 4.79 Å². The fourth-order valence-electron chi connectivity index (χ4n) is 1.87. The van der Waals surface area contributed by atoms with Crippen molar-refractivity contribution in [1.29, 1.82) is 5.26 Å². The molecule has 1 N–H and O–H groups in total. The van der Waals surface area contributed by atoms with Gasteiger partial charge in [-0.2, -0.15) is 5.26 Å². The van der Waals surface area contributed by atoms with Gasteiger partial charge in [0.15, 0.2) is 5.57 Å². The molecule has 0 saturated heterocycles. The van der Waals surface area contributed by atoms with Crippen LogP contribution in [-0.4, -0.2) is 32.3 Å². The summed E-state index contributed by atoms with van der Waals surface area (Å²) >= 11 is 0. The van der Waals surface area contributed by atoms with Gasteiger partial charge in [-0.1, -0.05) is 0 Å². The van der Waals surface area contributed by atoms with Crippen LogP contribution in [0.2, 0.25) is 0 Å². The number of carbonyl (C=O) groups is 1. The molecule has 0 atom stereocenters. The van der Waals surface area contributed by atoms with Crippen molar-refractivity contribution in [2.75, 3.05) is 26.4 Å². The van der Waals surface area contributed by atoms with Gasteiger partial charge in [-0.3, -0.25) is 0 Å². The van der Waals surface area contributed by atoms with Gasteiger partial charge in [0.05, 0.1) is 6.61 Å². The molecule has 2 saturated carbocycles.